The monoisotopic (exact) mass is 475 g/mol. The van der Waals surface area contributed by atoms with Crippen LogP contribution in [0.25, 0.3) is 0 Å². The lowest BCUT2D eigenvalue weighted by atomic mass is 9.97. The summed E-state index contributed by atoms with van der Waals surface area (Å²) in [5, 5.41) is 6.06. The van der Waals surface area contributed by atoms with E-state index in [1.807, 2.05) is 48.5 Å². The standard InChI is InChI=1S/C27H26FN3O4/c1-30(27(33)19-7-6-8-20(28)15-19)17-26(32)31-24(22-9-4-5-10-25(22)35-3)16-23(29-31)18-11-13-21(34-2)14-12-18/h4-15,24H,16-17H2,1-3H3/t24-/m1/s1. The van der Waals surface area contributed by atoms with Crippen molar-refractivity contribution in [2.24, 2.45) is 5.10 Å². The number of benzene rings is 3. The van der Waals surface area contributed by atoms with Crippen molar-refractivity contribution < 1.29 is 23.5 Å². The first-order chi connectivity index (χ1) is 16.9. The van der Waals surface area contributed by atoms with Gasteiger partial charge in [-0.05, 0) is 54.1 Å². The molecule has 1 atom stereocenters. The molecule has 2 amide bonds. The lowest BCUT2D eigenvalue weighted by molar-refractivity contribution is -0.133. The van der Waals surface area contributed by atoms with E-state index in [0.29, 0.717) is 12.2 Å². The van der Waals surface area contributed by atoms with E-state index in [1.54, 1.807) is 14.2 Å². The molecule has 1 aliphatic heterocycles. The first kappa shape index (κ1) is 23.9. The summed E-state index contributed by atoms with van der Waals surface area (Å²) in [5.74, 6) is 0.0340. The van der Waals surface area contributed by atoms with Crippen LogP contribution in [0.4, 0.5) is 4.39 Å². The minimum Gasteiger partial charge on any atom is -0.497 e. The topological polar surface area (TPSA) is 71.4 Å². The van der Waals surface area contributed by atoms with Crippen LogP contribution < -0.4 is 9.47 Å². The van der Waals surface area contributed by atoms with E-state index in [1.165, 1.54) is 35.2 Å². The minimum absolute atomic E-state index is 0.172. The second-order valence-corrected chi connectivity index (χ2v) is 8.15. The molecule has 8 heteroatoms. The van der Waals surface area contributed by atoms with Crippen LogP contribution in [-0.4, -0.2) is 55.2 Å². The van der Waals surface area contributed by atoms with E-state index < -0.39 is 17.8 Å². The zero-order valence-corrected chi connectivity index (χ0v) is 19.8. The van der Waals surface area contributed by atoms with Gasteiger partial charge in [-0.25, -0.2) is 9.40 Å². The smallest absolute Gasteiger partial charge is 0.262 e. The largest absolute Gasteiger partial charge is 0.497 e. The fourth-order valence-electron chi connectivity index (χ4n) is 4.07. The Hall–Kier alpha value is -4.20. The second kappa shape index (κ2) is 10.4. The predicted octanol–water partition coefficient (Wildman–Crippen LogP) is 4.29. The third kappa shape index (κ3) is 5.16. The van der Waals surface area contributed by atoms with E-state index in [-0.39, 0.29) is 18.0 Å². The summed E-state index contributed by atoms with van der Waals surface area (Å²) in [6.07, 6.45) is 0.472. The van der Waals surface area contributed by atoms with Crippen molar-refractivity contribution in [2.45, 2.75) is 12.5 Å². The Balaban J connectivity index is 1.62. The van der Waals surface area contributed by atoms with Crippen molar-refractivity contribution in [3.05, 3.63) is 95.3 Å². The lowest BCUT2D eigenvalue weighted by Gasteiger charge is -2.26. The maximum Gasteiger partial charge on any atom is 0.262 e. The summed E-state index contributed by atoms with van der Waals surface area (Å²) in [5.41, 5.74) is 2.58. The maximum absolute atomic E-state index is 13.6. The van der Waals surface area contributed by atoms with Crippen LogP contribution in [0.2, 0.25) is 0 Å². The van der Waals surface area contributed by atoms with Crippen LogP contribution in [-0.2, 0) is 4.79 Å². The Morgan fingerprint density at radius 1 is 1.03 bits per heavy atom. The lowest BCUT2D eigenvalue weighted by Crippen LogP contribution is -2.39. The first-order valence-corrected chi connectivity index (χ1v) is 11.1. The molecule has 180 valence electrons. The zero-order chi connectivity index (χ0) is 24.9. The van der Waals surface area contributed by atoms with Crippen molar-refractivity contribution in [1.29, 1.82) is 0 Å². The molecule has 0 aliphatic carbocycles. The number of nitrogens with zero attached hydrogens (tertiary/aromatic N) is 3. The van der Waals surface area contributed by atoms with Gasteiger partial charge in [0.15, 0.2) is 0 Å². The molecule has 3 aromatic carbocycles. The van der Waals surface area contributed by atoms with E-state index in [2.05, 4.69) is 5.10 Å². The molecule has 0 radical (unpaired) electrons. The molecule has 1 aliphatic rings. The van der Waals surface area contributed by atoms with Crippen LogP contribution in [0, 0.1) is 5.82 Å². The molecule has 0 fully saturated rings. The van der Waals surface area contributed by atoms with E-state index in [0.717, 1.165) is 28.7 Å². The summed E-state index contributed by atoms with van der Waals surface area (Å²) >= 11 is 0. The molecule has 0 unspecified atom stereocenters. The first-order valence-electron chi connectivity index (χ1n) is 11.1. The second-order valence-electron chi connectivity index (χ2n) is 8.15. The molecule has 0 N–H and O–H groups in total. The van der Waals surface area contributed by atoms with Gasteiger partial charge < -0.3 is 14.4 Å². The molecule has 0 aromatic heterocycles. The number of para-hydroxylation sites is 1. The van der Waals surface area contributed by atoms with Crippen LogP contribution in [0.3, 0.4) is 0 Å². The molecule has 0 saturated heterocycles. The Morgan fingerprint density at radius 3 is 2.46 bits per heavy atom. The Morgan fingerprint density at radius 2 is 1.77 bits per heavy atom. The Bertz CT molecular complexity index is 1260. The third-order valence-electron chi connectivity index (χ3n) is 5.88. The number of hydrogen-bond acceptors (Lipinski definition) is 5. The minimum atomic E-state index is -0.514. The number of ether oxygens (including phenoxy) is 2. The number of rotatable bonds is 7. The summed E-state index contributed by atoms with van der Waals surface area (Å²) in [6.45, 7) is -0.222. The van der Waals surface area contributed by atoms with Gasteiger partial charge in [-0.15, -0.1) is 0 Å². The number of likely N-dealkylation sites (N-methyl/N-ethyl adjacent to an activating group) is 1. The number of amides is 2. The number of hydrogen-bond donors (Lipinski definition) is 0. The van der Waals surface area contributed by atoms with Gasteiger partial charge in [-0.1, -0.05) is 24.3 Å². The molecule has 35 heavy (non-hydrogen) atoms. The van der Waals surface area contributed by atoms with Crippen molar-refractivity contribution in [1.82, 2.24) is 9.91 Å². The van der Waals surface area contributed by atoms with Gasteiger partial charge in [0.2, 0.25) is 0 Å². The molecule has 0 bridgehead atoms. The maximum atomic E-state index is 13.6. The Kier molecular flexibility index (Phi) is 7.10. The number of hydrazone groups is 1. The average Bonchev–Trinajstić information content (AvgIpc) is 3.33. The number of halogens is 1. The summed E-state index contributed by atoms with van der Waals surface area (Å²) in [7, 11) is 4.69. The highest BCUT2D eigenvalue weighted by molar-refractivity contribution is 6.04. The molecule has 1 heterocycles. The van der Waals surface area contributed by atoms with E-state index in [9.17, 15) is 14.0 Å². The van der Waals surface area contributed by atoms with Gasteiger partial charge in [0.1, 0.15) is 23.9 Å². The van der Waals surface area contributed by atoms with E-state index in [4.69, 9.17) is 9.47 Å². The van der Waals surface area contributed by atoms with Gasteiger partial charge in [-0.3, -0.25) is 9.59 Å². The third-order valence-corrected chi connectivity index (χ3v) is 5.88. The zero-order valence-electron chi connectivity index (χ0n) is 19.8. The predicted molar refractivity (Wildman–Crippen MR) is 130 cm³/mol. The highest BCUT2D eigenvalue weighted by Crippen LogP contribution is 2.37. The fraction of sp³-hybridized carbons (Fsp3) is 0.222. The van der Waals surface area contributed by atoms with Crippen molar-refractivity contribution in [3.8, 4) is 11.5 Å². The highest BCUT2D eigenvalue weighted by Gasteiger charge is 2.35. The van der Waals surface area contributed by atoms with Crippen LogP contribution >= 0.6 is 0 Å². The van der Waals surface area contributed by atoms with Gasteiger partial charge in [0, 0.05) is 24.6 Å². The van der Waals surface area contributed by atoms with Gasteiger partial charge >= 0.3 is 0 Å². The quantitative estimate of drug-likeness (QED) is 0.511. The number of carbonyl (C=O) groups excluding carboxylic acids is 2. The number of methoxy groups -OCH3 is 2. The molecule has 3 aromatic rings. The van der Waals surface area contributed by atoms with Crippen LogP contribution in [0.1, 0.15) is 33.9 Å². The van der Waals surface area contributed by atoms with E-state index >= 15 is 0 Å². The fourth-order valence-corrected chi connectivity index (χ4v) is 4.07. The van der Waals surface area contributed by atoms with Gasteiger partial charge in [0.05, 0.1) is 26.0 Å². The van der Waals surface area contributed by atoms with Crippen molar-refractivity contribution >= 4 is 17.5 Å². The molecular formula is C27H26FN3O4. The molecule has 0 saturated carbocycles. The normalized spacial score (nSPS) is 14.9. The molecule has 0 spiro atoms. The SMILES string of the molecule is COc1ccc(C2=NN(C(=O)CN(C)C(=O)c3cccc(F)c3)[C@@H](c3ccccc3OC)C2)cc1. The summed E-state index contributed by atoms with van der Waals surface area (Å²) < 4.78 is 24.4. The van der Waals surface area contributed by atoms with Gasteiger partial charge in [0.25, 0.3) is 11.8 Å². The van der Waals surface area contributed by atoms with Crippen LogP contribution in [0.5, 0.6) is 11.5 Å². The number of carbonyl (C=O) groups is 2. The molecule has 7 nitrogen and oxygen atoms in total. The molecule has 4 rings (SSSR count). The van der Waals surface area contributed by atoms with Crippen LogP contribution in [0.15, 0.2) is 77.9 Å². The molecular weight excluding hydrogens is 449 g/mol. The van der Waals surface area contributed by atoms with Crippen molar-refractivity contribution in [2.75, 3.05) is 27.8 Å². The summed E-state index contributed by atoms with van der Waals surface area (Å²) in [6, 6.07) is 19.9. The van der Waals surface area contributed by atoms with Crippen molar-refractivity contribution in [3.63, 3.8) is 0 Å². The highest BCUT2D eigenvalue weighted by atomic mass is 19.1. The average molecular weight is 476 g/mol. The Labute approximate surface area is 203 Å². The van der Waals surface area contributed by atoms with Gasteiger partial charge in [-0.2, -0.15) is 5.10 Å². The summed E-state index contributed by atoms with van der Waals surface area (Å²) in [4.78, 5) is 27.4.